The van der Waals surface area contributed by atoms with E-state index in [1.165, 1.54) is 0 Å². The van der Waals surface area contributed by atoms with Gasteiger partial charge in [0, 0.05) is 31.6 Å². The van der Waals surface area contributed by atoms with E-state index in [9.17, 15) is 9.59 Å². The molecule has 134 valence electrons. The molecule has 1 aromatic carbocycles. The van der Waals surface area contributed by atoms with Crippen LogP contribution in [-0.4, -0.2) is 29.8 Å². The zero-order valence-electron chi connectivity index (χ0n) is 14.5. The number of benzene rings is 1. The van der Waals surface area contributed by atoms with Gasteiger partial charge in [-0.2, -0.15) is 0 Å². The maximum Gasteiger partial charge on any atom is 0.227 e. The lowest BCUT2D eigenvalue weighted by Gasteiger charge is -2.22. The average Bonchev–Trinajstić information content (AvgIpc) is 3.02. The molecule has 2 rings (SSSR count). The van der Waals surface area contributed by atoms with Gasteiger partial charge in [-0.15, -0.1) is 12.4 Å². The molecule has 24 heavy (non-hydrogen) atoms. The van der Waals surface area contributed by atoms with Gasteiger partial charge in [0.1, 0.15) is 0 Å². The summed E-state index contributed by atoms with van der Waals surface area (Å²) < 4.78 is 0. The van der Waals surface area contributed by atoms with Crippen LogP contribution in [0, 0.1) is 11.8 Å². The smallest absolute Gasteiger partial charge is 0.227 e. The predicted octanol–water partition coefficient (Wildman–Crippen LogP) is 2.79. The predicted molar refractivity (Wildman–Crippen MR) is 99.0 cm³/mol. The second-order valence-corrected chi connectivity index (χ2v) is 6.21. The summed E-state index contributed by atoms with van der Waals surface area (Å²) in [5.74, 6) is 0.374. The van der Waals surface area contributed by atoms with Crippen LogP contribution in [0.5, 0.6) is 0 Å². The van der Waals surface area contributed by atoms with Crippen LogP contribution in [0.3, 0.4) is 0 Å². The first kappa shape index (κ1) is 20.5. The highest BCUT2D eigenvalue weighted by molar-refractivity contribution is 5.93. The maximum atomic E-state index is 12.6. The van der Waals surface area contributed by atoms with E-state index in [-0.39, 0.29) is 36.1 Å². The zero-order valence-corrected chi connectivity index (χ0v) is 15.3. The van der Waals surface area contributed by atoms with Gasteiger partial charge in [-0.05, 0) is 43.9 Å². The minimum atomic E-state index is 0. The molecular formula is C18H28ClN3O2. The first-order valence-corrected chi connectivity index (χ1v) is 8.41. The fourth-order valence-corrected chi connectivity index (χ4v) is 3.32. The van der Waals surface area contributed by atoms with E-state index >= 15 is 0 Å². The molecule has 2 atom stereocenters. The largest absolute Gasteiger partial charge is 0.339 e. The summed E-state index contributed by atoms with van der Waals surface area (Å²) in [5.41, 5.74) is 7.53. The number of para-hydroxylation sites is 1. The number of rotatable bonds is 6. The Kier molecular flexibility index (Phi) is 8.22. The monoisotopic (exact) mass is 353 g/mol. The summed E-state index contributed by atoms with van der Waals surface area (Å²) in [6, 6.07) is 7.68. The molecule has 0 saturated heterocycles. The molecule has 0 unspecified atom stereocenters. The molecule has 0 radical (unpaired) electrons. The topological polar surface area (TPSA) is 75.4 Å². The van der Waals surface area contributed by atoms with Crippen LogP contribution in [0.4, 0.5) is 5.69 Å². The Morgan fingerprint density at radius 1 is 1.29 bits per heavy atom. The fourth-order valence-electron chi connectivity index (χ4n) is 3.32. The standard InChI is InChI=1S/C18H27N3O2.ClH/c1-3-21(13(2)22)12-15-7-4-5-10-17(15)20-18(23)16-9-6-8-14(16)11-19;/h4-5,7,10,14,16H,3,6,8-9,11-12,19H2,1-2H3,(H,20,23);1H/t14-,16-;/m1./s1. The molecule has 0 heterocycles. The van der Waals surface area contributed by atoms with Crippen molar-refractivity contribution in [2.45, 2.75) is 39.7 Å². The Morgan fingerprint density at radius 2 is 2.00 bits per heavy atom. The third-order valence-corrected chi connectivity index (χ3v) is 4.76. The van der Waals surface area contributed by atoms with Gasteiger partial charge in [0.25, 0.3) is 0 Å². The van der Waals surface area contributed by atoms with Crippen molar-refractivity contribution in [2.24, 2.45) is 17.6 Å². The number of hydrogen-bond acceptors (Lipinski definition) is 3. The summed E-state index contributed by atoms with van der Waals surface area (Å²) in [6.07, 6.45) is 3.00. The van der Waals surface area contributed by atoms with E-state index in [2.05, 4.69) is 5.32 Å². The lowest BCUT2D eigenvalue weighted by Crippen LogP contribution is -2.31. The number of hydrogen-bond donors (Lipinski definition) is 2. The van der Waals surface area contributed by atoms with Crippen molar-refractivity contribution in [3.05, 3.63) is 29.8 Å². The number of halogens is 1. The molecule has 0 aliphatic heterocycles. The summed E-state index contributed by atoms with van der Waals surface area (Å²) in [4.78, 5) is 26.0. The van der Waals surface area contributed by atoms with Gasteiger partial charge in [-0.1, -0.05) is 24.6 Å². The van der Waals surface area contributed by atoms with Crippen LogP contribution in [0.2, 0.25) is 0 Å². The van der Waals surface area contributed by atoms with Crippen molar-refractivity contribution < 1.29 is 9.59 Å². The number of nitrogens with zero attached hydrogens (tertiary/aromatic N) is 1. The fraction of sp³-hybridized carbons (Fsp3) is 0.556. The highest BCUT2D eigenvalue weighted by Crippen LogP contribution is 2.32. The minimum absolute atomic E-state index is 0. The number of carbonyl (C=O) groups excluding carboxylic acids is 2. The van der Waals surface area contributed by atoms with Crippen molar-refractivity contribution in [3.63, 3.8) is 0 Å². The van der Waals surface area contributed by atoms with E-state index in [1.54, 1.807) is 11.8 Å². The summed E-state index contributed by atoms with van der Waals surface area (Å²) in [5, 5.41) is 3.05. The number of nitrogens with two attached hydrogens (primary N) is 1. The average molecular weight is 354 g/mol. The first-order valence-electron chi connectivity index (χ1n) is 8.41. The van der Waals surface area contributed by atoms with Gasteiger partial charge < -0.3 is 16.0 Å². The molecule has 1 aromatic rings. The van der Waals surface area contributed by atoms with Gasteiger partial charge in [0.05, 0.1) is 0 Å². The molecule has 0 bridgehead atoms. The highest BCUT2D eigenvalue weighted by atomic mass is 35.5. The summed E-state index contributed by atoms with van der Waals surface area (Å²) >= 11 is 0. The van der Waals surface area contributed by atoms with Crippen molar-refractivity contribution in [1.82, 2.24) is 4.90 Å². The maximum absolute atomic E-state index is 12.6. The number of carbonyl (C=O) groups is 2. The molecule has 1 aliphatic rings. The van der Waals surface area contributed by atoms with Crippen molar-refractivity contribution in [1.29, 1.82) is 0 Å². The second-order valence-electron chi connectivity index (χ2n) is 6.21. The number of nitrogens with one attached hydrogen (secondary N) is 1. The Balaban J connectivity index is 0.00000288. The SMILES string of the molecule is CCN(Cc1ccccc1NC(=O)[C@@H]1CCC[C@@H]1CN)C(C)=O.Cl. The van der Waals surface area contributed by atoms with Crippen molar-refractivity contribution in [2.75, 3.05) is 18.4 Å². The van der Waals surface area contributed by atoms with E-state index in [0.717, 1.165) is 30.5 Å². The lowest BCUT2D eigenvalue weighted by molar-refractivity contribution is -0.129. The van der Waals surface area contributed by atoms with E-state index < -0.39 is 0 Å². The van der Waals surface area contributed by atoms with Crippen LogP contribution in [0.25, 0.3) is 0 Å². The van der Waals surface area contributed by atoms with Crippen LogP contribution >= 0.6 is 12.4 Å². The molecule has 1 fully saturated rings. The van der Waals surface area contributed by atoms with Gasteiger partial charge in [0.15, 0.2) is 0 Å². The van der Waals surface area contributed by atoms with Gasteiger partial charge in [-0.25, -0.2) is 0 Å². The second kappa shape index (κ2) is 9.64. The molecule has 2 amide bonds. The molecule has 6 heteroatoms. The molecule has 1 aliphatic carbocycles. The van der Waals surface area contributed by atoms with E-state index in [0.29, 0.717) is 19.6 Å². The molecule has 1 saturated carbocycles. The third kappa shape index (κ3) is 4.95. The Bertz CT molecular complexity index is 565. The molecule has 0 aromatic heterocycles. The summed E-state index contributed by atoms with van der Waals surface area (Å²) in [7, 11) is 0. The number of amides is 2. The van der Waals surface area contributed by atoms with E-state index in [4.69, 9.17) is 5.73 Å². The molecular weight excluding hydrogens is 326 g/mol. The molecule has 3 N–H and O–H groups in total. The Labute approximate surface area is 150 Å². The number of anilines is 1. The van der Waals surface area contributed by atoms with E-state index in [1.807, 2.05) is 31.2 Å². The third-order valence-electron chi connectivity index (χ3n) is 4.76. The van der Waals surface area contributed by atoms with Gasteiger partial charge >= 0.3 is 0 Å². The van der Waals surface area contributed by atoms with Crippen LogP contribution < -0.4 is 11.1 Å². The van der Waals surface area contributed by atoms with Crippen LogP contribution in [0.1, 0.15) is 38.7 Å². The van der Waals surface area contributed by atoms with Crippen molar-refractivity contribution in [3.8, 4) is 0 Å². The lowest BCUT2D eigenvalue weighted by atomic mass is 9.95. The van der Waals surface area contributed by atoms with Crippen molar-refractivity contribution >= 4 is 29.9 Å². The molecule has 0 spiro atoms. The zero-order chi connectivity index (χ0) is 16.8. The normalized spacial score (nSPS) is 19.5. The Morgan fingerprint density at radius 3 is 2.62 bits per heavy atom. The van der Waals surface area contributed by atoms with Gasteiger partial charge in [0.2, 0.25) is 11.8 Å². The summed E-state index contributed by atoms with van der Waals surface area (Å²) in [6.45, 7) is 5.23. The van der Waals surface area contributed by atoms with Crippen LogP contribution in [-0.2, 0) is 16.1 Å². The van der Waals surface area contributed by atoms with Crippen LogP contribution in [0.15, 0.2) is 24.3 Å². The van der Waals surface area contributed by atoms with Gasteiger partial charge in [-0.3, -0.25) is 9.59 Å². The quantitative estimate of drug-likeness (QED) is 0.825. The first-order chi connectivity index (χ1) is 11.1. The highest BCUT2D eigenvalue weighted by Gasteiger charge is 2.32. The Hall–Kier alpha value is -1.59. The minimum Gasteiger partial charge on any atom is -0.339 e. The molecule has 5 nitrogen and oxygen atoms in total.